The molecule has 5 heterocycles. The van der Waals surface area contributed by atoms with Crippen molar-refractivity contribution >= 4 is 17.2 Å². The smallest absolute Gasteiger partial charge is 0.266 e. The molecule has 0 aliphatic carbocycles. The molecule has 6 rings (SSSR count). The zero-order valence-corrected chi connectivity index (χ0v) is 22.0. The zero-order chi connectivity index (χ0) is 26.1. The number of hydrogen-bond donors (Lipinski definition) is 0. The Balaban J connectivity index is 1.33. The normalized spacial score (nSPS) is 16.2. The molecular weight excluding hydrogens is 498 g/mol. The Morgan fingerprint density at radius 3 is 2.79 bits per heavy atom. The maximum atomic E-state index is 13.8. The van der Waals surface area contributed by atoms with Crippen LogP contribution in [-0.4, -0.2) is 47.3 Å². The fourth-order valence-electron chi connectivity index (χ4n) is 4.82. The van der Waals surface area contributed by atoms with E-state index in [9.17, 15) is 4.79 Å². The number of aryl methyl sites for hydroxylation is 1. The van der Waals surface area contributed by atoms with Crippen molar-refractivity contribution in [3.05, 3.63) is 94.0 Å². The number of thiazole rings is 1. The van der Waals surface area contributed by atoms with Gasteiger partial charge >= 0.3 is 0 Å². The Hall–Kier alpha value is -4.18. The van der Waals surface area contributed by atoms with Gasteiger partial charge in [-0.3, -0.25) is 4.79 Å². The van der Waals surface area contributed by atoms with Crippen molar-refractivity contribution in [3.63, 3.8) is 0 Å². The molecule has 2 atom stereocenters. The van der Waals surface area contributed by atoms with Crippen LogP contribution in [0.5, 0.6) is 0 Å². The molecule has 0 N–H and O–H groups in total. The first-order chi connectivity index (χ1) is 18.5. The number of pyridine rings is 1. The third-order valence-electron chi connectivity index (χ3n) is 6.70. The highest BCUT2D eigenvalue weighted by molar-refractivity contribution is 7.09. The molecule has 0 saturated carbocycles. The quantitative estimate of drug-likeness (QED) is 0.280. The van der Waals surface area contributed by atoms with Crippen molar-refractivity contribution in [3.8, 4) is 17.4 Å². The summed E-state index contributed by atoms with van der Waals surface area (Å²) in [6.07, 6.45) is 6.07. The van der Waals surface area contributed by atoms with E-state index in [0.29, 0.717) is 29.5 Å². The first kappa shape index (κ1) is 24.2. The van der Waals surface area contributed by atoms with Gasteiger partial charge in [-0.05, 0) is 49.9 Å². The molecule has 1 aliphatic heterocycles. The molecule has 1 aromatic carbocycles. The number of hydrogen-bond acceptors (Lipinski definition) is 8. The van der Waals surface area contributed by atoms with E-state index in [1.54, 1.807) is 40.5 Å². The van der Waals surface area contributed by atoms with E-state index in [4.69, 9.17) is 9.40 Å². The van der Waals surface area contributed by atoms with E-state index in [1.165, 1.54) is 5.56 Å². The fraction of sp³-hybridized carbons (Fsp3) is 0.286. The number of rotatable bonds is 7. The Bertz CT molecular complexity index is 1540. The lowest BCUT2D eigenvalue weighted by Gasteiger charge is -2.23. The minimum Gasteiger partial charge on any atom is -0.419 e. The highest BCUT2D eigenvalue weighted by Crippen LogP contribution is 2.35. The summed E-state index contributed by atoms with van der Waals surface area (Å²) >= 11 is 1.61. The van der Waals surface area contributed by atoms with E-state index in [1.807, 2.05) is 41.5 Å². The molecule has 38 heavy (non-hydrogen) atoms. The summed E-state index contributed by atoms with van der Waals surface area (Å²) in [6, 6.07) is 15.5. The van der Waals surface area contributed by atoms with E-state index in [2.05, 4.69) is 39.3 Å². The molecule has 5 aromatic rings. The van der Waals surface area contributed by atoms with Crippen LogP contribution in [0.25, 0.3) is 17.4 Å². The summed E-state index contributed by atoms with van der Waals surface area (Å²) in [5, 5.41) is 15.9. The molecule has 4 aromatic heterocycles. The number of amides is 1. The van der Waals surface area contributed by atoms with Crippen LogP contribution in [-0.2, 0) is 6.42 Å². The van der Waals surface area contributed by atoms with Gasteiger partial charge in [-0.2, -0.15) is 5.10 Å². The third-order valence-corrected chi connectivity index (χ3v) is 7.76. The van der Waals surface area contributed by atoms with Crippen LogP contribution >= 0.6 is 11.3 Å². The lowest BCUT2D eigenvalue weighted by atomic mass is 10.0. The molecule has 1 amide bonds. The molecule has 0 radical (unpaired) electrons. The molecule has 0 spiro atoms. The number of likely N-dealkylation sites (tertiary alicyclic amines) is 1. The topological polar surface area (TPSA) is 103 Å². The second-order valence-corrected chi connectivity index (χ2v) is 10.5. The van der Waals surface area contributed by atoms with Gasteiger partial charge in [0.15, 0.2) is 5.82 Å². The van der Waals surface area contributed by atoms with Gasteiger partial charge in [0.25, 0.3) is 11.8 Å². The van der Waals surface area contributed by atoms with Crippen LogP contribution in [0.15, 0.2) is 70.7 Å². The number of aromatic nitrogens is 6. The molecule has 1 aliphatic rings. The Morgan fingerprint density at radius 1 is 1.16 bits per heavy atom. The third kappa shape index (κ3) is 4.87. The van der Waals surface area contributed by atoms with Crippen LogP contribution in [0.2, 0.25) is 0 Å². The van der Waals surface area contributed by atoms with Gasteiger partial charge in [0, 0.05) is 41.5 Å². The molecule has 9 nitrogen and oxygen atoms in total. The highest BCUT2D eigenvalue weighted by atomic mass is 32.1. The standard InChI is InChI=1S/C28H27N7O2S/c1-18(14-20-8-4-3-5-9-20)25-32-33-26(37-25)22-15-21(16-24(31-22)35-13-7-11-29-35)28(36)34-12-6-10-23(34)27-30-19(2)17-38-27/h3-5,7-9,11,13,15-18,23H,6,10,12,14H2,1-2H3/t18-,23+/m0/s1. The number of benzene rings is 1. The molecule has 0 bridgehead atoms. The first-order valence-electron chi connectivity index (χ1n) is 12.7. The van der Waals surface area contributed by atoms with Crippen molar-refractivity contribution in [2.45, 2.75) is 45.1 Å². The summed E-state index contributed by atoms with van der Waals surface area (Å²) in [5.41, 5.74) is 3.11. The van der Waals surface area contributed by atoms with Gasteiger partial charge in [-0.15, -0.1) is 21.5 Å². The van der Waals surface area contributed by atoms with Crippen LogP contribution in [0.4, 0.5) is 0 Å². The van der Waals surface area contributed by atoms with Gasteiger partial charge in [0.05, 0.1) is 6.04 Å². The lowest BCUT2D eigenvalue weighted by Crippen LogP contribution is -2.30. The van der Waals surface area contributed by atoms with Crippen molar-refractivity contribution in [1.82, 2.24) is 34.8 Å². The van der Waals surface area contributed by atoms with Gasteiger partial charge in [0.1, 0.15) is 10.7 Å². The van der Waals surface area contributed by atoms with E-state index < -0.39 is 0 Å². The number of nitrogens with zero attached hydrogens (tertiary/aromatic N) is 7. The fourth-order valence-corrected chi connectivity index (χ4v) is 5.76. The summed E-state index contributed by atoms with van der Waals surface area (Å²) in [5.74, 6) is 1.27. The van der Waals surface area contributed by atoms with Crippen molar-refractivity contribution in [2.24, 2.45) is 0 Å². The lowest BCUT2D eigenvalue weighted by molar-refractivity contribution is 0.0735. The van der Waals surface area contributed by atoms with E-state index in [0.717, 1.165) is 30.0 Å². The van der Waals surface area contributed by atoms with Crippen LogP contribution < -0.4 is 0 Å². The summed E-state index contributed by atoms with van der Waals surface area (Å²) in [7, 11) is 0. The summed E-state index contributed by atoms with van der Waals surface area (Å²) in [6.45, 7) is 4.71. The molecule has 1 fully saturated rings. The van der Waals surface area contributed by atoms with Gasteiger partial charge in [-0.25, -0.2) is 14.6 Å². The molecule has 10 heteroatoms. The Morgan fingerprint density at radius 2 is 2.03 bits per heavy atom. The molecule has 192 valence electrons. The van der Waals surface area contributed by atoms with Crippen molar-refractivity contribution < 1.29 is 9.21 Å². The zero-order valence-electron chi connectivity index (χ0n) is 21.2. The predicted molar refractivity (Wildman–Crippen MR) is 143 cm³/mol. The largest absolute Gasteiger partial charge is 0.419 e. The van der Waals surface area contributed by atoms with Crippen molar-refractivity contribution in [2.75, 3.05) is 6.54 Å². The average Bonchev–Trinajstić information content (AvgIpc) is 3.75. The monoisotopic (exact) mass is 525 g/mol. The Kier molecular flexibility index (Phi) is 6.55. The van der Waals surface area contributed by atoms with Gasteiger partial charge in [0.2, 0.25) is 5.89 Å². The first-order valence-corrected chi connectivity index (χ1v) is 13.6. The minimum absolute atomic E-state index is 0.0280. The van der Waals surface area contributed by atoms with E-state index >= 15 is 0 Å². The number of carbonyl (C=O) groups is 1. The van der Waals surface area contributed by atoms with Gasteiger partial charge in [-0.1, -0.05) is 37.3 Å². The maximum absolute atomic E-state index is 13.8. The van der Waals surface area contributed by atoms with Crippen molar-refractivity contribution in [1.29, 1.82) is 0 Å². The maximum Gasteiger partial charge on any atom is 0.266 e. The van der Waals surface area contributed by atoms with Crippen LogP contribution in [0.3, 0.4) is 0 Å². The van der Waals surface area contributed by atoms with Crippen LogP contribution in [0, 0.1) is 6.92 Å². The molecule has 0 unspecified atom stereocenters. The number of carbonyl (C=O) groups excluding carboxylic acids is 1. The van der Waals surface area contributed by atoms with Crippen LogP contribution in [0.1, 0.15) is 64.2 Å². The van der Waals surface area contributed by atoms with Gasteiger partial charge < -0.3 is 9.32 Å². The summed E-state index contributed by atoms with van der Waals surface area (Å²) in [4.78, 5) is 25.1. The predicted octanol–water partition coefficient (Wildman–Crippen LogP) is 5.41. The minimum atomic E-state index is -0.0745. The molecular formula is C28H27N7O2S. The SMILES string of the molecule is Cc1csc([C@H]2CCCN2C(=O)c2cc(-c3nnc([C@@H](C)Cc4ccccc4)o3)nc(-n3cccn3)c2)n1. The second-order valence-electron chi connectivity index (χ2n) is 9.57. The van der Waals surface area contributed by atoms with E-state index in [-0.39, 0.29) is 23.8 Å². The Labute approximate surface area is 224 Å². The second kappa shape index (κ2) is 10.3. The summed E-state index contributed by atoms with van der Waals surface area (Å²) < 4.78 is 7.71. The highest BCUT2D eigenvalue weighted by Gasteiger charge is 2.33. The average molecular weight is 526 g/mol. The molecule has 1 saturated heterocycles.